The highest BCUT2D eigenvalue weighted by atomic mass is 16.2. The van der Waals surface area contributed by atoms with Crippen LogP contribution in [0.3, 0.4) is 0 Å². The molecule has 28 heavy (non-hydrogen) atoms. The molecule has 0 unspecified atom stereocenters. The highest BCUT2D eigenvalue weighted by Crippen LogP contribution is 2.17. The number of para-hydroxylation sites is 1. The van der Waals surface area contributed by atoms with E-state index in [0.717, 1.165) is 10.9 Å². The van der Waals surface area contributed by atoms with Crippen LogP contribution in [-0.4, -0.2) is 21.8 Å². The summed E-state index contributed by atoms with van der Waals surface area (Å²) >= 11 is 0. The summed E-state index contributed by atoms with van der Waals surface area (Å²) in [5.74, 6) is -0.129. The maximum Gasteiger partial charge on any atom is 0.257 e. The third-order valence-corrected chi connectivity index (χ3v) is 4.15. The predicted octanol–water partition coefficient (Wildman–Crippen LogP) is 4.13. The normalized spacial score (nSPS) is 10.4. The molecule has 0 saturated heterocycles. The van der Waals surface area contributed by atoms with Crippen molar-refractivity contribution in [1.82, 2.24) is 9.97 Å². The molecule has 2 amide bonds. The van der Waals surface area contributed by atoms with Gasteiger partial charge in [0.2, 0.25) is 0 Å². The predicted molar refractivity (Wildman–Crippen MR) is 108 cm³/mol. The van der Waals surface area contributed by atoms with Gasteiger partial charge in [0.05, 0.1) is 11.1 Å². The Morgan fingerprint density at radius 2 is 1.57 bits per heavy atom. The third kappa shape index (κ3) is 3.86. The van der Waals surface area contributed by atoms with Gasteiger partial charge in [0.15, 0.2) is 0 Å². The molecule has 0 atom stereocenters. The highest BCUT2D eigenvalue weighted by molar-refractivity contribution is 6.07. The minimum absolute atomic E-state index is 0.290. The van der Waals surface area contributed by atoms with E-state index in [4.69, 9.17) is 0 Å². The lowest BCUT2D eigenvalue weighted by Crippen LogP contribution is -2.15. The molecule has 0 aliphatic carbocycles. The smallest absolute Gasteiger partial charge is 0.257 e. The lowest BCUT2D eigenvalue weighted by molar-refractivity contribution is 0.101. The summed E-state index contributed by atoms with van der Waals surface area (Å²) in [6.45, 7) is 0. The van der Waals surface area contributed by atoms with Gasteiger partial charge < -0.3 is 10.6 Å². The van der Waals surface area contributed by atoms with E-state index in [-0.39, 0.29) is 11.8 Å². The van der Waals surface area contributed by atoms with Crippen LogP contribution in [0.4, 0.5) is 11.5 Å². The Morgan fingerprint density at radius 1 is 0.750 bits per heavy atom. The molecule has 0 radical (unpaired) electrons. The first-order valence-corrected chi connectivity index (χ1v) is 8.68. The number of fused-ring (bicyclic) bond motifs is 1. The Kier molecular flexibility index (Phi) is 4.76. The number of anilines is 2. The van der Waals surface area contributed by atoms with Gasteiger partial charge in [-0.05, 0) is 48.5 Å². The van der Waals surface area contributed by atoms with Gasteiger partial charge in [-0.2, -0.15) is 0 Å². The van der Waals surface area contributed by atoms with Gasteiger partial charge in [-0.15, -0.1) is 0 Å². The summed E-state index contributed by atoms with van der Waals surface area (Å²) < 4.78 is 0. The van der Waals surface area contributed by atoms with Gasteiger partial charge >= 0.3 is 0 Å². The SMILES string of the molecule is O=C(Nc1cccc(C(=O)Nc2ccc3ccccc3n2)c1)c1cccnc1. The molecular formula is C22H16N4O2. The second kappa shape index (κ2) is 7.67. The summed E-state index contributed by atoms with van der Waals surface area (Å²) in [4.78, 5) is 33.2. The highest BCUT2D eigenvalue weighted by Gasteiger charge is 2.10. The molecule has 2 heterocycles. The monoisotopic (exact) mass is 368 g/mol. The zero-order valence-electron chi connectivity index (χ0n) is 14.8. The van der Waals surface area contributed by atoms with Gasteiger partial charge in [0, 0.05) is 29.0 Å². The van der Waals surface area contributed by atoms with Crippen LogP contribution in [0.1, 0.15) is 20.7 Å². The second-order valence-electron chi connectivity index (χ2n) is 6.12. The second-order valence-corrected chi connectivity index (χ2v) is 6.12. The van der Waals surface area contributed by atoms with Gasteiger partial charge in [-0.25, -0.2) is 4.98 Å². The number of amides is 2. The van der Waals surface area contributed by atoms with Crippen LogP contribution >= 0.6 is 0 Å². The molecule has 136 valence electrons. The van der Waals surface area contributed by atoms with Crippen LogP contribution in [0.5, 0.6) is 0 Å². The fourth-order valence-corrected chi connectivity index (χ4v) is 2.76. The average Bonchev–Trinajstić information content (AvgIpc) is 2.74. The topological polar surface area (TPSA) is 84.0 Å². The molecular weight excluding hydrogens is 352 g/mol. The van der Waals surface area contributed by atoms with Crippen molar-refractivity contribution in [3.8, 4) is 0 Å². The largest absolute Gasteiger partial charge is 0.322 e. The molecule has 6 heteroatoms. The molecule has 0 fully saturated rings. The van der Waals surface area contributed by atoms with E-state index in [0.29, 0.717) is 22.6 Å². The van der Waals surface area contributed by atoms with Crippen LogP contribution in [0, 0.1) is 0 Å². The molecule has 0 bridgehead atoms. The van der Waals surface area contributed by atoms with Crippen LogP contribution < -0.4 is 10.6 Å². The maximum atomic E-state index is 12.6. The number of nitrogens with zero attached hydrogens (tertiary/aromatic N) is 2. The Morgan fingerprint density at radius 3 is 2.43 bits per heavy atom. The summed E-state index contributed by atoms with van der Waals surface area (Å²) in [5, 5.41) is 6.56. The zero-order chi connectivity index (χ0) is 19.3. The van der Waals surface area contributed by atoms with Crippen molar-refractivity contribution in [1.29, 1.82) is 0 Å². The molecule has 2 N–H and O–H groups in total. The number of pyridine rings is 2. The quantitative estimate of drug-likeness (QED) is 0.567. The lowest BCUT2D eigenvalue weighted by atomic mass is 10.1. The molecule has 4 rings (SSSR count). The molecule has 6 nitrogen and oxygen atoms in total. The number of rotatable bonds is 4. The number of aromatic nitrogens is 2. The van der Waals surface area contributed by atoms with E-state index in [2.05, 4.69) is 20.6 Å². The molecule has 2 aromatic carbocycles. The number of carbonyl (C=O) groups is 2. The Labute approximate surface area is 161 Å². The van der Waals surface area contributed by atoms with Crippen LogP contribution in [0.25, 0.3) is 10.9 Å². The average molecular weight is 368 g/mol. The number of hydrogen-bond acceptors (Lipinski definition) is 4. The molecule has 0 aliphatic heterocycles. The minimum atomic E-state index is -0.305. The fourth-order valence-electron chi connectivity index (χ4n) is 2.76. The zero-order valence-corrected chi connectivity index (χ0v) is 14.8. The first kappa shape index (κ1) is 17.4. The van der Waals surface area contributed by atoms with E-state index < -0.39 is 0 Å². The summed E-state index contributed by atoms with van der Waals surface area (Å²) in [6.07, 6.45) is 3.08. The van der Waals surface area contributed by atoms with Crippen molar-refractivity contribution < 1.29 is 9.59 Å². The number of hydrogen-bond donors (Lipinski definition) is 2. The van der Waals surface area contributed by atoms with Crippen molar-refractivity contribution in [3.05, 3.63) is 96.3 Å². The van der Waals surface area contributed by atoms with E-state index >= 15 is 0 Å². The van der Waals surface area contributed by atoms with E-state index in [9.17, 15) is 9.59 Å². The van der Waals surface area contributed by atoms with Crippen LogP contribution in [0.15, 0.2) is 85.2 Å². The van der Waals surface area contributed by atoms with E-state index in [1.807, 2.05) is 30.3 Å². The molecule has 2 aromatic heterocycles. The van der Waals surface area contributed by atoms with Crippen LogP contribution in [-0.2, 0) is 0 Å². The minimum Gasteiger partial charge on any atom is -0.322 e. The molecule has 0 aliphatic rings. The van der Waals surface area contributed by atoms with Gasteiger partial charge in [-0.3, -0.25) is 14.6 Å². The third-order valence-electron chi connectivity index (χ3n) is 4.15. The Bertz CT molecular complexity index is 1160. The fraction of sp³-hybridized carbons (Fsp3) is 0. The Balaban J connectivity index is 1.50. The number of nitrogens with one attached hydrogen (secondary N) is 2. The summed E-state index contributed by atoms with van der Waals surface area (Å²) in [7, 11) is 0. The standard InChI is InChI=1S/C22H16N4O2/c27-21(26-20-11-10-15-5-1-2-9-19(15)25-20)16-6-3-8-18(13-16)24-22(28)17-7-4-12-23-14-17/h1-14H,(H,24,28)(H,25,26,27). The number of carbonyl (C=O) groups excluding carboxylic acids is 2. The molecule has 4 aromatic rings. The van der Waals surface area contributed by atoms with Crippen molar-refractivity contribution in [2.45, 2.75) is 0 Å². The van der Waals surface area contributed by atoms with Gasteiger partial charge in [-0.1, -0.05) is 24.3 Å². The van der Waals surface area contributed by atoms with E-state index in [1.54, 1.807) is 48.7 Å². The summed E-state index contributed by atoms with van der Waals surface area (Å²) in [5.41, 5.74) is 2.18. The van der Waals surface area contributed by atoms with Gasteiger partial charge in [0.25, 0.3) is 11.8 Å². The molecule has 0 spiro atoms. The van der Waals surface area contributed by atoms with Crippen molar-refractivity contribution in [3.63, 3.8) is 0 Å². The van der Waals surface area contributed by atoms with Crippen molar-refractivity contribution in [2.24, 2.45) is 0 Å². The van der Waals surface area contributed by atoms with Crippen molar-refractivity contribution in [2.75, 3.05) is 10.6 Å². The van der Waals surface area contributed by atoms with Crippen LogP contribution in [0.2, 0.25) is 0 Å². The maximum absolute atomic E-state index is 12.6. The Hall–Kier alpha value is -4.06. The molecule has 0 saturated carbocycles. The first-order valence-electron chi connectivity index (χ1n) is 8.68. The summed E-state index contributed by atoms with van der Waals surface area (Å²) in [6, 6.07) is 21.4. The van der Waals surface area contributed by atoms with E-state index in [1.165, 1.54) is 6.20 Å². The number of benzene rings is 2. The van der Waals surface area contributed by atoms with Gasteiger partial charge in [0.1, 0.15) is 5.82 Å². The first-order chi connectivity index (χ1) is 13.7. The van der Waals surface area contributed by atoms with Crippen molar-refractivity contribution >= 4 is 34.2 Å². The lowest BCUT2D eigenvalue weighted by Gasteiger charge is -2.08.